The van der Waals surface area contributed by atoms with Crippen LogP contribution in [0.2, 0.25) is 0 Å². The number of carbonyl (C=O) groups excluding carboxylic acids is 1. The number of carboxylic acids is 1. The zero-order valence-corrected chi connectivity index (χ0v) is 15.2. The molecule has 0 spiro atoms. The van der Waals surface area contributed by atoms with E-state index in [2.05, 4.69) is 10.6 Å². The summed E-state index contributed by atoms with van der Waals surface area (Å²) >= 11 is 0. The first-order chi connectivity index (χ1) is 13.0. The van der Waals surface area contributed by atoms with Gasteiger partial charge in [0.25, 0.3) is 0 Å². The first-order valence-corrected chi connectivity index (χ1v) is 9.05. The van der Waals surface area contributed by atoms with E-state index in [1.165, 1.54) is 0 Å². The molecule has 2 amide bonds. The van der Waals surface area contributed by atoms with E-state index >= 15 is 0 Å². The van der Waals surface area contributed by atoms with Crippen LogP contribution in [0.25, 0.3) is 0 Å². The normalized spacial score (nSPS) is 12.8. The number of rotatable bonds is 10. The van der Waals surface area contributed by atoms with Crippen molar-refractivity contribution in [2.45, 2.75) is 37.8 Å². The van der Waals surface area contributed by atoms with Crippen LogP contribution in [0.5, 0.6) is 0 Å². The van der Waals surface area contributed by atoms with Gasteiger partial charge in [0.1, 0.15) is 0 Å². The number of nitrogens with one attached hydrogen (secondary N) is 2. The van der Waals surface area contributed by atoms with E-state index in [-0.39, 0.29) is 19.0 Å². The van der Waals surface area contributed by atoms with Gasteiger partial charge in [0.2, 0.25) is 0 Å². The van der Waals surface area contributed by atoms with Crippen LogP contribution in [0, 0.1) is 0 Å². The Hall–Kier alpha value is -2.86. The van der Waals surface area contributed by atoms with Crippen molar-refractivity contribution in [1.82, 2.24) is 10.6 Å². The maximum Gasteiger partial charge on any atom is 0.315 e. The average Bonchev–Trinajstić information content (AvgIpc) is 2.66. The van der Waals surface area contributed by atoms with Crippen LogP contribution in [0.15, 0.2) is 60.7 Å². The van der Waals surface area contributed by atoms with Crippen molar-refractivity contribution in [3.8, 4) is 0 Å². The number of aliphatic carboxylic acids is 1. The van der Waals surface area contributed by atoms with Gasteiger partial charge in [0.05, 0.1) is 6.10 Å². The highest BCUT2D eigenvalue weighted by Gasteiger charge is 2.15. The highest BCUT2D eigenvalue weighted by Crippen LogP contribution is 2.08. The maximum absolute atomic E-state index is 12.2. The van der Waals surface area contributed by atoms with Crippen molar-refractivity contribution in [3.05, 3.63) is 71.8 Å². The summed E-state index contributed by atoms with van der Waals surface area (Å²) in [7, 11) is 0. The molecule has 0 saturated heterocycles. The van der Waals surface area contributed by atoms with Crippen LogP contribution >= 0.6 is 0 Å². The third-order valence-electron chi connectivity index (χ3n) is 4.18. The topological polar surface area (TPSA) is 98.7 Å². The number of carboxylic acid groups (broad SMARTS) is 1. The molecule has 27 heavy (non-hydrogen) atoms. The Morgan fingerprint density at radius 2 is 1.44 bits per heavy atom. The summed E-state index contributed by atoms with van der Waals surface area (Å²) in [4.78, 5) is 23.0. The minimum atomic E-state index is -0.895. The van der Waals surface area contributed by atoms with Gasteiger partial charge in [-0.2, -0.15) is 0 Å². The number of carbonyl (C=O) groups is 2. The zero-order chi connectivity index (χ0) is 19.5. The Labute approximate surface area is 159 Å². The van der Waals surface area contributed by atoms with Crippen molar-refractivity contribution in [1.29, 1.82) is 0 Å². The standard InChI is InChI=1S/C21H26N2O4/c24-19(14-17-9-5-2-6-10-17)15-22-21(27)23-18(11-12-20(25)26)13-16-7-3-1-4-8-16/h1-10,18-19,24H,11-15H2,(H,25,26)(H2,22,23,27)/t18?,19-/m0/s1. The van der Waals surface area contributed by atoms with Gasteiger partial charge in [-0.15, -0.1) is 0 Å². The summed E-state index contributed by atoms with van der Waals surface area (Å²) in [6.45, 7) is 0.123. The molecule has 2 aromatic carbocycles. The van der Waals surface area contributed by atoms with Gasteiger partial charge >= 0.3 is 12.0 Å². The second-order valence-corrected chi connectivity index (χ2v) is 6.52. The van der Waals surface area contributed by atoms with E-state index in [1.807, 2.05) is 60.7 Å². The van der Waals surface area contributed by atoms with Crippen LogP contribution in [0.3, 0.4) is 0 Å². The number of urea groups is 1. The number of benzene rings is 2. The van der Waals surface area contributed by atoms with Gasteiger partial charge in [-0.3, -0.25) is 4.79 Å². The summed E-state index contributed by atoms with van der Waals surface area (Å²) in [6, 6.07) is 18.5. The van der Waals surface area contributed by atoms with Crippen molar-refractivity contribution in [3.63, 3.8) is 0 Å². The summed E-state index contributed by atoms with van der Waals surface area (Å²) < 4.78 is 0. The Bertz CT molecular complexity index is 707. The molecule has 1 unspecified atom stereocenters. The monoisotopic (exact) mass is 370 g/mol. The van der Waals surface area contributed by atoms with Gasteiger partial charge in [0, 0.05) is 25.4 Å². The van der Waals surface area contributed by atoms with E-state index < -0.39 is 18.1 Å². The lowest BCUT2D eigenvalue weighted by molar-refractivity contribution is -0.137. The number of aliphatic hydroxyl groups excluding tert-OH is 1. The van der Waals surface area contributed by atoms with E-state index in [9.17, 15) is 14.7 Å². The predicted molar refractivity (Wildman–Crippen MR) is 103 cm³/mol. The SMILES string of the molecule is O=C(O)CCC(Cc1ccccc1)NC(=O)NC[C@@H](O)Cc1ccccc1. The third-order valence-corrected chi connectivity index (χ3v) is 4.18. The largest absolute Gasteiger partial charge is 0.481 e. The molecule has 2 rings (SSSR count). The van der Waals surface area contributed by atoms with Crippen molar-refractivity contribution in [2.24, 2.45) is 0 Å². The summed E-state index contributed by atoms with van der Waals surface area (Å²) in [6.07, 6.45) is 0.630. The summed E-state index contributed by atoms with van der Waals surface area (Å²) in [5, 5.41) is 24.5. The van der Waals surface area contributed by atoms with Gasteiger partial charge in [0.15, 0.2) is 0 Å². The molecule has 6 heteroatoms. The molecule has 0 fully saturated rings. The first kappa shape index (κ1) is 20.5. The Morgan fingerprint density at radius 1 is 0.889 bits per heavy atom. The lowest BCUT2D eigenvalue weighted by Crippen LogP contribution is -2.45. The fourth-order valence-electron chi connectivity index (χ4n) is 2.83. The Balaban J connectivity index is 1.81. The second-order valence-electron chi connectivity index (χ2n) is 6.52. The van der Waals surface area contributed by atoms with Crippen LogP contribution in [-0.4, -0.2) is 40.9 Å². The fourth-order valence-corrected chi connectivity index (χ4v) is 2.83. The highest BCUT2D eigenvalue weighted by atomic mass is 16.4. The predicted octanol–water partition coefficient (Wildman–Crippen LogP) is 2.37. The third kappa shape index (κ3) is 8.37. The maximum atomic E-state index is 12.2. The number of aliphatic hydroxyl groups is 1. The number of amides is 2. The highest BCUT2D eigenvalue weighted by molar-refractivity contribution is 5.74. The smallest absolute Gasteiger partial charge is 0.315 e. The average molecular weight is 370 g/mol. The molecule has 0 aliphatic rings. The summed E-state index contributed by atoms with van der Waals surface area (Å²) in [5.74, 6) is -0.895. The molecule has 0 bridgehead atoms. The Morgan fingerprint density at radius 3 is 2.00 bits per heavy atom. The van der Waals surface area contributed by atoms with Crippen LogP contribution in [0.1, 0.15) is 24.0 Å². The second kappa shape index (κ2) is 11.0. The van der Waals surface area contributed by atoms with Gasteiger partial charge in [-0.1, -0.05) is 60.7 Å². The molecule has 2 atom stereocenters. The molecular formula is C21H26N2O4. The molecule has 2 aromatic rings. The van der Waals surface area contributed by atoms with Crippen LogP contribution < -0.4 is 10.6 Å². The molecule has 0 aliphatic carbocycles. The number of hydrogen-bond acceptors (Lipinski definition) is 3. The van der Waals surface area contributed by atoms with Crippen molar-refractivity contribution < 1.29 is 19.8 Å². The van der Waals surface area contributed by atoms with Crippen molar-refractivity contribution in [2.75, 3.05) is 6.54 Å². The molecule has 0 heterocycles. The molecule has 6 nitrogen and oxygen atoms in total. The number of hydrogen-bond donors (Lipinski definition) is 4. The summed E-state index contributed by atoms with van der Waals surface area (Å²) in [5.41, 5.74) is 2.02. The van der Waals surface area contributed by atoms with Gasteiger partial charge in [-0.25, -0.2) is 4.79 Å². The minimum absolute atomic E-state index is 0.0194. The van der Waals surface area contributed by atoms with Gasteiger partial charge < -0.3 is 20.8 Å². The molecule has 144 valence electrons. The molecule has 0 radical (unpaired) electrons. The lowest BCUT2D eigenvalue weighted by atomic mass is 10.0. The molecular weight excluding hydrogens is 344 g/mol. The molecule has 0 saturated carbocycles. The van der Waals surface area contributed by atoms with Crippen LogP contribution in [-0.2, 0) is 17.6 Å². The minimum Gasteiger partial charge on any atom is -0.481 e. The van der Waals surface area contributed by atoms with Gasteiger partial charge in [-0.05, 0) is 24.0 Å². The lowest BCUT2D eigenvalue weighted by Gasteiger charge is -2.19. The van der Waals surface area contributed by atoms with E-state index in [4.69, 9.17) is 5.11 Å². The van der Waals surface area contributed by atoms with Crippen molar-refractivity contribution >= 4 is 12.0 Å². The zero-order valence-electron chi connectivity index (χ0n) is 15.2. The Kier molecular flexibility index (Phi) is 8.32. The molecule has 4 N–H and O–H groups in total. The molecule has 0 aliphatic heterocycles. The first-order valence-electron chi connectivity index (χ1n) is 9.05. The van der Waals surface area contributed by atoms with Crippen LogP contribution in [0.4, 0.5) is 4.79 Å². The van der Waals surface area contributed by atoms with E-state index in [0.29, 0.717) is 19.3 Å². The fraction of sp³-hybridized carbons (Fsp3) is 0.333. The van der Waals surface area contributed by atoms with E-state index in [0.717, 1.165) is 11.1 Å². The quantitative estimate of drug-likeness (QED) is 0.516. The molecule has 0 aromatic heterocycles. The van der Waals surface area contributed by atoms with E-state index in [1.54, 1.807) is 0 Å².